The van der Waals surface area contributed by atoms with Gasteiger partial charge in [0.15, 0.2) is 0 Å². The largest absolute Gasteiger partial charge is 0.494 e. The molecule has 0 saturated heterocycles. The van der Waals surface area contributed by atoms with Crippen molar-refractivity contribution >= 4 is 34.0 Å². The first-order valence-electron chi connectivity index (χ1n) is 10.7. The maximum atomic E-state index is 12.8. The van der Waals surface area contributed by atoms with Gasteiger partial charge in [-0.25, -0.2) is 4.98 Å². The van der Waals surface area contributed by atoms with Gasteiger partial charge < -0.3 is 15.0 Å². The van der Waals surface area contributed by atoms with E-state index in [1.807, 2.05) is 80.0 Å². The van der Waals surface area contributed by atoms with Crippen LogP contribution in [0.5, 0.6) is 5.75 Å². The number of hydrogen-bond acceptors (Lipinski definition) is 5. The van der Waals surface area contributed by atoms with Crippen LogP contribution in [0.3, 0.4) is 0 Å². The number of thiazole rings is 1. The Kier molecular flexibility index (Phi) is 5.66. The summed E-state index contributed by atoms with van der Waals surface area (Å²) in [7, 11) is 0. The summed E-state index contributed by atoms with van der Waals surface area (Å²) < 4.78 is 7.20. The Bertz CT molecular complexity index is 1410. The van der Waals surface area contributed by atoms with E-state index < -0.39 is 0 Å². The Morgan fingerprint density at radius 2 is 2.00 bits per heavy atom. The monoisotopic (exact) mass is 457 g/mol. The number of benzene rings is 2. The third-order valence-corrected chi connectivity index (χ3v) is 6.08. The number of nitrogens with one attached hydrogen (secondary N) is 2. The molecule has 0 aliphatic heterocycles. The summed E-state index contributed by atoms with van der Waals surface area (Å²) in [6.45, 7) is 4.49. The van der Waals surface area contributed by atoms with Crippen LogP contribution in [0.2, 0.25) is 0 Å². The van der Waals surface area contributed by atoms with E-state index in [0.29, 0.717) is 17.6 Å². The summed E-state index contributed by atoms with van der Waals surface area (Å²) in [6.07, 6.45) is 2.15. The van der Waals surface area contributed by atoms with Crippen LogP contribution >= 0.6 is 11.3 Å². The lowest BCUT2D eigenvalue weighted by Crippen LogP contribution is -2.17. The number of carbonyl (C=O) groups is 1. The van der Waals surface area contributed by atoms with Gasteiger partial charge in [0.2, 0.25) is 11.0 Å². The van der Waals surface area contributed by atoms with E-state index in [1.165, 1.54) is 11.3 Å². The zero-order chi connectivity index (χ0) is 22.8. The van der Waals surface area contributed by atoms with Crippen LogP contribution in [0.15, 0.2) is 66.2 Å². The van der Waals surface area contributed by atoms with Gasteiger partial charge >= 0.3 is 0 Å². The number of amides is 1. The highest BCUT2D eigenvalue weighted by Crippen LogP contribution is 2.28. The molecule has 33 heavy (non-hydrogen) atoms. The molecule has 166 valence electrons. The molecule has 0 spiro atoms. The van der Waals surface area contributed by atoms with Crippen LogP contribution in [-0.2, 0) is 11.2 Å². The third kappa shape index (κ3) is 4.38. The number of anilines is 1. The molecule has 3 heterocycles. The minimum Gasteiger partial charge on any atom is -0.494 e. The zero-order valence-electron chi connectivity index (χ0n) is 18.3. The van der Waals surface area contributed by atoms with Gasteiger partial charge in [-0.2, -0.15) is 9.78 Å². The minimum absolute atomic E-state index is 0.107. The highest BCUT2D eigenvalue weighted by atomic mass is 32.1. The number of ether oxygens (including phenoxy) is 1. The zero-order valence-corrected chi connectivity index (χ0v) is 19.1. The molecule has 0 aliphatic carbocycles. The fourth-order valence-electron chi connectivity index (χ4n) is 3.75. The molecule has 7 nitrogen and oxygen atoms in total. The van der Waals surface area contributed by atoms with Gasteiger partial charge in [0.1, 0.15) is 11.6 Å². The Labute approximate surface area is 195 Å². The van der Waals surface area contributed by atoms with Crippen molar-refractivity contribution in [2.75, 3.05) is 11.9 Å². The molecule has 8 heteroatoms. The summed E-state index contributed by atoms with van der Waals surface area (Å²) in [6, 6.07) is 17.7. The van der Waals surface area contributed by atoms with Crippen molar-refractivity contribution in [3.8, 4) is 22.1 Å². The molecular weight excluding hydrogens is 434 g/mol. The van der Waals surface area contributed by atoms with Crippen molar-refractivity contribution < 1.29 is 9.53 Å². The minimum atomic E-state index is -0.107. The number of hydrogen-bond donors (Lipinski definition) is 2. The quantitative estimate of drug-likeness (QED) is 0.344. The number of nitrogens with zero attached hydrogens (tertiary/aromatic N) is 3. The Morgan fingerprint density at radius 3 is 2.82 bits per heavy atom. The van der Waals surface area contributed by atoms with E-state index in [4.69, 9.17) is 9.72 Å². The lowest BCUT2D eigenvalue weighted by molar-refractivity contribution is -0.115. The van der Waals surface area contributed by atoms with Gasteiger partial charge in [-0.05, 0) is 49.7 Å². The summed E-state index contributed by atoms with van der Waals surface area (Å²) in [5.74, 6) is 1.33. The van der Waals surface area contributed by atoms with Crippen LogP contribution in [0.4, 0.5) is 5.82 Å². The number of fused-ring (bicyclic) bond motifs is 1. The van der Waals surface area contributed by atoms with Crippen molar-refractivity contribution in [2.24, 2.45) is 0 Å². The van der Waals surface area contributed by atoms with Gasteiger partial charge in [-0.1, -0.05) is 18.2 Å². The van der Waals surface area contributed by atoms with Gasteiger partial charge in [-0.3, -0.25) is 4.79 Å². The number of aryl methyl sites for hydroxylation is 1. The maximum Gasteiger partial charge on any atom is 0.230 e. The Morgan fingerprint density at radius 1 is 1.18 bits per heavy atom. The fourth-order valence-corrected chi connectivity index (χ4v) is 4.55. The summed E-state index contributed by atoms with van der Waals surface area (Å²) in [5, 5.41) is 11.3. The number of H-pyrrole nitrogens is 1. The van der Waals surface area contributed by atoms with Crippen molar-refractivity contribution in [1.82, 2.24) is 19.7 Å². The molecule has 0 unspecified atom stereocenters. The standard InChI is InChI=1S/C25H23N5O2S/c1-3-32-19-10-8-17(9-11-19)22-15-33-25(27-22)30-23(12-16(2)29-30)28-24(31)13-18-14-26-21-7-5-4-6-20(18)21/h4-12,14-15,26H,3,13H2,1-2H3,(H,28,31). The lowest BCUT2D eigenvalue weighted by Gasteiger charge is -2.06. The molecule has 2 N–H and O–H groups in total. The molecule has 0 atom stereocenters. The molecule has 1 amide bonds. The predicted molar refractivity (Wildman–Crippen MR) is 131 cm³/mol. The van der Waals surface area contributed by atoms with Gasteiger partial charge in [0, 0.05) is 34.1 Å². The van der Waals surface area contributed by atoms with E-state index >= 15 is 0 Å². The van der Waals surface area contributed by atoms with E-state index in [1.54, 1.807) is 4.68 Å². The Balaban J connectivity index is 1.35. The highest BCUT2D eigenvalue weighted by molar-refractivity contribution is 7.12. The number of aromatic nitrogens is 4. The summed E-state index contributed by atoms with van der Waals surface area (Å²) in [4.78, 5) is 20.8. The first-order valence-corrected chi connectivity index (χ1v) is 11.6. The summed E-state index contributed by atoms with van der Waals surface area (Å²) >= 11 is 1.48. The normalized spacial score (nSPS) is 11.1. The third-order valence-electron chi connectivity index (χ3n) is 5.26. The van der Waals surface area contributed by atoms with E-state index in [-0.39, 0.29) is 12.3 Å². The molecule has 0 aliphatic rings. The number of rotatable bonds is 7. The molecule has 0 saturated carbocycles. The van der Waals surface area contributed by atoms with Crippen LogP contribution in [0.1, 0.15) is 18.2 Å². The second-order valence-electron chi connectivity index (χ2n) is 7.64. The first-order chi connectivity index (χ1) is 16.1. The second-order valence-corrected chi connectivity index (χ2v) is 8.48. The molecular formula is C25H23N5O2S. The molecule has 5 rings (SSSR count). The van der Waals surface area contributed by atoms with E-state index in [0.717, 1.165) is 39.2 Å². The second kappa shape index (κ2) is 8.91. The maximum absolute atomic E-state index is 12.8. The van der Waals surface area contributed by atoms with Gasteiger partial charge in [0.05, 0.1) is 24.4 Å². The molecule has 2 aromatic carbocycles. The average molecular weight is 458 g/mol. The molecule has 5 aromatic rings. The van der Waals surface area contributed by atoms with Crippen LogP contribution in [0, 0.1) is 6.92 Å². The molecule has 3 aromatic heterocycles. The van der Waals surface area contributed by atoms with Crippen LogP contribution in [0.25, 0.3) is 27.3 Å². The van der Waals surface area contributed by atoms with Gasteiger partial charge in [-0.15, -0.1) is 11.3 Å². The van der Waals surface area contributed by atoms with Crippen molar-refractivity contribution in [1.29, 1.82) is 0 Å². The Hall–Kier alpha value is -3.91. The lowest BCUT2D eigenvalue weighted by atomic mass is 10.1. The average Bonchev–Trinajstić information content (AvgIpc) is 3.54. The highest BCUT2D eigenvalue weighted by Gasteiger charge is 2.16. The smallest absolute Gasteiger partial charge is 0.230 e. The van der Waals surface area contributed by atoms with E-state index in [2.05, 4.69) is 15.4 Å². The fraction of sp³-hybridized carbons (Fsp3) is 0.160. The summed E-state index contributed by atoms with van der Waals surface area (Å²) in [5.41, 5.74) is 4.62. The van der Waals surface area contributed by atoms with E-state index in [9.17, 15) is 4.79 Å². The van der Waals surface area contributed by atoms with Gasteiger partial charge in [0.25, 0.3) is 0 Å². The topological polar surface area (TPSA) is 84.8 Å². The predicted octanol–water partition coefficient (Wildman–Crippen LogP) is 5.37. The number of para-hydroxylation sites is 1. The van der Waals surface area contributed by atoms with Crippen molar-refractivity contribution in [2.45, 2.75) is 20.3 Å². The van der Waals surface area contributed by atoms with Crippen molar-refractivity contribution in [3.63, 3.8) is 0 Å². The van der Waals surface area contributed by atoms with Crippen LogP contribution < -0.4 is 10.1 Å². The first kappa shape index (κ1) is 21.0. The number of carbonyl (C=O) groups excluding carboxylic acids is 1. The van der Waals surface area contributed by atoms with Crippen LogP contribution in [-0.4, -0.2) is 32.3 Å². The van der Waals surface area contributed by atoms with Crippen molar-refractivity contribution in [3.05, 3.63) is 77.4 Å². The molecule has 0 bridgehead atoms. The molecule has 0 radical (unpaired) electrons. The molecule has 0 fully saturated rings. The number of aromatic amines is 1. The SMILES string of the molecule is CCOc1ccc(-c2csc(-n3nc(C)cc3NC(=O)Cc3c[nH]c4ccccc34)n2)cc1.